The van der Waals surface area contributed by atoms with Crippen LogP contribution in [0.15, 0.2) is 29.1 Å². The minimum Gasteiger partial charge on any atom is -0.307 e. The van der Waals surface area contributed by atoms with E-state index in [1.54, 1.807) is 10.6 Å². The van der Waals surface area contributed by atoms with Crippen molar-refractivity contribution < 1.29 is 4.79 Å². The van der Waals surface area contributed by atoms with E-state index in [9.17, 15) is 9.59 Å². The van der Waals surface area contributed by atoms with Crippen LogP contribution in [0.1, 0.15) is 33.8 Å². The highest BCUT2D eigenvalue weighted by atomic mass is 35.5. The number of fused-ring (bicyclic) bond motifs is 1. The summed E-state index contributed by atoms with van der Waals surface area (Å²) in [5.41, 5.74) is 1.51. The SMILES string of the molecule is O=C1CCCc2c1ccc(=O)n2Cc1ccc(Cl)s1. The van der Waals surface area contributed by atoms with Crippen LogP contribution < -0.4 is 5.56 Å². The lowest BCUT2D eigenvalue weighted by molar-refractivity contribution is 0.0970. The molecular formula is C14H12ClNO2S. The second kappa shape index (κ2) is 4.94. The van der Waals surface area contributed by atoms with Crippen molar-refractivity contribution in [2.75, 3.05) is 0 Å². The van der Waals surface area contributed by atoms with Crippen LogP contribution in [-0.2, 0) is 13.0 Å². The number of carbonyl (C=O) groups excluding carboxylic acids is 1. The first-order valence-corrected chi connectivity index (χ1v) is 7.35. The van der Waals surface area contributed by atoms with Crippen molar-refractivity contribution in [2.45, 2.75) is 25.8 Å². The Kier molecular flexibility index (Phi) is 3.29. The van der Waals surface area contributed by atoms with Crippen molar-refractivity contribution >= 4 is 28.7 Å². The molecule has 3 rings (SSSR count). The smallest absolute Gasteiger partial charge is 0.251 e. The average molecular weight is 294 g/mol. The minimum atomic E-state index is -0.0574. The van der Waals surface area contributed by atoms with Crippen molar-refractivity contribution in [3.8, 4) is 0 Å². The van der Waals surface area contributed by atoms with Gasteiger partial charge in [-0.3, -0.25) is 9.59 Å². The fourth-order valence-corrected chi connectivity index (χ4v) is 3.54. The minimum absolute atomic E-state index is 0.0574. The number of hydrogen-bond acceptors (Lipinski definition) is 3. The zero-order valence-electron chi connectivity index (χ0n) is 10.2. The van der Waals surface area contributed by atoms with Gasteiger partial charge in [-0.25, -0.2) is 0 Å². The predicted octanol–water partition coefficient (Wildman–Crippen LogP) is 3.13. The first-order chi connectivity index (χ1) is 9.15. The van der Waals surface area contributed by atoms with Crippen molar-refractivity contribution in [3.05, 3.63) is 55.1 Å². The standard InChI is InChI=1S/C14H12ClNO2S/c15-13-6-4-9(19-13)8-16-11-2-1-3-12(17)10(11)5-7-14(16)18/h4-7H,1-3,8H2. The third kappa shape index (κ3) is 2.38. The van der Waals surface area contributed by atoms with Crippen LogP contribution in [0, 0.1) is 0 Å². The van der Waals surface area contributed by atoms with Gasteiger partial charge >= 0.3 is 0 Å². The molecule has 1 aliphatic rings. The third-order valence-electron chi connectivity index (χ3n) is 3.36. The molecule has 0 N–H and O–H groups in total. The number of Topliss-reactive ketones (excluding diaryl/α,β-unsaturated/α-hetero) is 1. The van der Waals surface area contributed by atoms with Gasteiger partial charge in [0.15, 0.2) is 5.78 Å². The topological polar surface area (TPSA) is 39.1 Å². The Bertz CT molecular complexity index is 702. The monoisotopic (exact) mass is 293 g/mol. The third-order valence-corrected chi connectivity index (χ3v) is 4.57. The van der Waals surface area contributed by atoms with Gasteiger partial charge in [-0.1, -0.05) is 11.6 Å². The fraction of sp³-hybridized carbons (Fsp3) is 0.286. The lowest BCUT2D eigenvalue weighted by Gasteiger charge is -2.19. The molecule has 0 saturated heterocycles. The number of rotatable bonds is 2. The molecule has 0 unspecified atom stereocenters. The van der Waals surface area contributed by atoms with E-state index in [1.807, 2.05) is 12.1 Å². The number of hydrogen-bond donors (Lipinski definition) is 0. The Labute approximate surface area is 119 Å². The number of carbonyl (C=O) groups is 1. The highest BCUT2D eigenvalue weighted by molar-refractivity contribution is 7.16. The first kappa shape index (κ1) is 12.6. The van der Waals surface area contributed by atoms with E-state index in [0.29, 0.717) is 22.9 Å². The van der Waals surface area contributed by atoms with Crippen LogP contribution in [0.3, 0.4) is 0 Å². The van der Waals surface area contributed by atoms with Gasteiger partial charge < -0.3 is 4.57 Å². The van der Waals surface area contributed by atoms with Gasteiger partial charge in [0.05, 0.1) is 10.9 Å². The largest absolute Gasteiger partial charge is 0.307 e. The number of pyridine rings is 1. The summed E-state index contributed by atoms with van der Waals surface area (Å²) in [5, 5.41) is 0. The van der Waals surface area contributed by atoms with Crippen molar-refractivity contribution in [1.29, 1.82) is 0 Å². The Morgan fingerprint density at radius 2 is 2.00 bits per heavy atom. The molecule has 1 aliphatic carbocycles. The first-order valence-electron chi connectivity index (χ1n) is 6.15. The Balaban J connectivity index is 2.07. The Hall–Kier alpha value is -1.39. The molecule has 0 bridgehead atoms. The Morgan fingerprint density at radius 1 is 1.16 bits per heavy atom. The number of aromatic nitrogens is 1. The molecule has 98 valence electrons. The van der Waals surface area contributed by atoms with Gasteiger partial charge in [0.1, 0.15) is 0 Å². The van der Waals surface area contributed by atoms with Crippen molar-refractivity contribution in [2.24, 2.45) is 0 Å². The highest BCUT2D eigenvalue weighted by Crippen LogP contribution is 2.24. The zero-order chi connectivity index (χ0) is 13.4. The molecule has 19 heavy (non-hydrogen) atoms. The molecule has 2 heterocycles. The van der Waals surface area contributed by atoms with Gasteiger partial charge in [0, 0.05) is 28.6 Å². The van der Waals surface area contributed by atoms with Gasteiger partial charge in [0.2, 0.25) is 0 Å². The summed E-state index contributed by atoms with van der Waals surface area (Å²) in [7, 11) is 0. The average Bonchev–Trinajstić information content (AvgIpc) is 2.79. The summed E-state index contributed by atoms with van der Waals surface area (Å²) in [6, 6.07) is 6.89. The van der Waals surface area contributed by atoms with Gasteiger partial charge in [-0.15, -0.1) is 11.3 Å². The molecular weight excluding hydrogens is 282 g/mol. The molecule has 0 fully saturated rings. The number of halogens is 1. The summed E-state index contributed by atoms with van der Waals surface area (Å²) in [6.07, 6.45) is 2.19. The molecule has 0 aliphatic heterocycles. The summed E-state index contributed by atoms with van der Waals surface area (Å²) in [6.45, 7) is 0.493. The van der Waals surface area contributed by atoms with Crippen LogP contribution in [0.25, 0.3) is 0 Å². The Morgan fingerprint density at radius 3 is 2.74 bits per heavy atom. The molecule has 2 aromatic rings. The number of thiophene rings is 1. The molecule has 0 aromatic carbocycles. The molecule has 0 saturated carbocycles. The molecule has 0 radical (unpaired) electrons. The lowest BCUT2D eigenvalue weighted by Crippen LogP contribution is -2.28. The molecule has 5 heteroatoms. The van der Waals surface area contributed by atoms with E-state index in [-0.39, 0.29) is 11.3 Å². The number of ketones is 1. The summed E-state index contributed by atoms with van der Waals surface area (Å²) in [5.74, 6) is 0.138. The molecule has 3 nitrogen and oxygen atoms in total. The van der Waals surface area contributed by atoms with E-state index >= 15 is 0 Å². The molecule has 0 atom stereocenters. The van der Waals surface area contributed by atoms with Crippen LogP contribution in [0.4, 0.5) is 0 Å². The van der Waals surface area contributed by atoms with Crippen molar-refractivity contribution in [3.63, 3.8) is 0 Å². The van der Waals surface area contributed by atoms with Crippen LogP contribution >= 0.6 is 22.9 Å². The quantitative estimate of drug-likeness (QED) is 0.853. The second-order valence-electron chi connectivity index (χ2n) is 4.60. The number of nitrogens with zero attached hydrogens (tertiary/aromatic N) is 1. The summed E-state index contributed by atoms with van der Waals surface area (Å²) < 4.78 is 2.41. The fourth-order valence-electron chi connectivity index (χ4n) is 2.46. The van der Waals surface area contributed by atoms with Crippen molar-refractivity contribution in [1.82, 2.24) is 4.57 Å². The summed E-state index contributed by atoms with van der Waals surface area (Å²) >= 11 is 7.37. The highest BCUT2D eigenvalue weighted by Gasteiger charge is 2.20. The van der Waals surface area contributed by atoms with Crippen LogP contribution in [0.5, 0.6) is 0 Å². The van der Waals surface area contributed by atoms with E-state index in [0.717, 1.165) is 23.4 Å². The van der Waals surface area contributed by atoms with Gasteiger partial charge in [-0.2, -0.15) is 0 Å². The van der Waals surface area contributed by atoms with E-state index in [4.69, 9.17) is 11.6 Å². The maximum Gasteiger partial charge on any atom is 0.251 e. The zero-order valence-corrected chi connectivity index (χ0v) is 11.8. The molecule has 0 amide bonds. The molecule has 0 spiro atoms. The summed E-state index contributed by atoms with van der Waals surface area (Å²) in [4.78, 5) is 24.9. The van der Waals surface area contributed by atoms with Crippen LogP contribution in [0.2, 0.25) is 4.34 Å². The maximum absolute atomic E-state index is 12.0. The second-order valence-corrected chi connectivity index (χ2v) is 6.40. The van der Waals surface area contributed by atoms with Gasteiger partial charge in [0.25, 0.3) is 5.56 Å². The van der Waals surface area contributed by atoms with E-state index < -0.39 is 0 Å². The molecule has 2 aromatic heterocycles. The normalized spacial score (nSPS) is 14.5. The lowest BCUT2D eigenvalue weighted by atomic mass is 9.94. The van der Waals surface area contributed by atoms with Gasteiger partial charge in [-0.05, 0) is 31.0 Å². The van der Waals surface area contributed by atoms with E-state index in [1.165, 1.54) is 17.4 Å². The van der Waals surface area contributed by atoms with Crippen LogP contribution in [-0.4, -0.2) is 10.4 Å². The maximum atomic E-state index is 12.0. The predicted molar refractivity (Wildman–Crippen MR) is 76.4 cm³/mol. The van der Waals surface area contributed by atoms with E-state index in [2.05, 4.69) is 0 Å².